The van der Waals surface area contributed by atoms with Gasteiger partial charge in [-0.2, -0.15) is 11.3 Å². The van der Waals surface area contributed by atoms with Crippen LogP contribution in [0.4, 0.5) is 5.69 Å². The Morgan fingerprint density at radius 2 is 1.96 bits per heavy atom. The molecule has 0 aliphatic carbocycles. The molecule has 23 heavy (non-hydrogen) atoms. The van der Waals surface area contributed by atoms with Crippen molar-refractivity contribution in [3.63, 3.8) is 0 Å². The summed E-state index contributed by atoms with van der Waals surface area (Å²) in [5, 5.41) is 6.28. The van der Waals surface area contributed by atoms with Crippen LogP contribution < -0.4 is 10.0 Å². The molecule has 2 rings (SSSR count). The van der Waals surface area contributed by atoms with Gasteiger partial charge in [0, 0.05) is 24.2 Å². The molecule has 0 saturated carbocycles. The van der Waals surface area contributed by atoms with Gasteiger partial charge in [-0.15, -0.1) is 0 Å². The molecule has 1 aromatic heterocycles. The van der Waals surface area contributed by atoms with Crippen LogP contribution in [0, 0.1) is 0 Å². The molecule has 0 aliphatic heterocycles. The highest BCUT2D eigenvalue weighted by Gasteiger charge is 2.17. The summed E-state index contributed by atoms with van der Waals surface area (Å²) < 4.78 is 31.8. The number of carbonyl (C=O) groups is 1. The fourth-order valence-corrected chi connectivity index (χ4v) is 3.80. The monoisotopic (exact) mass is 354 g/mol. The molecule has 1 amide bonds. The van der Waals surface area contributed by atoms with Crippen LogP contribution in [0.25, 0.3) is 0 Å². The number of benzene rings is 1. The van der Waals surface area contributed by atoms with Crippen molar-refractivity contribution in [1.29, 1.82) is 0 Å². The highest BCUT2D eigenvalue weighted by Crippen LogP contribution is 2.16. The molecule has 8 heteroatoms. The van der Waals surface area contributed by atoms with Crippen molar-refractivity contribution >= 4 is 33.0 Å². The number of sulfonamides is 1. The van der Waals surface area contributed by atoms with Crippen molar-refractivity contribution in [3.05, 3.63) is 46.7 Å². The topological polar surface area (TPSA) is 84.5 Å². The summed E-state index contributed by atoms with van der Waals surface area (Å²) in [6, 6.07) is 7.40. The van der Waals surface area contributed by atoms with E-state index in [1.807, 2.05) is 5.38 Å². The molecule has 1 aromatic carbocycles. The highest BCUT2D eigenvalue weighted by molar-refractivity contribution is 7.89. The molecule has 0 fully saturated rings. The molecule has 6 nitrogen and oxygen atoms in total. The van der Waals surface area contributed by atoms with Crippen molar-refractivity contribution in [2.24, 2.45) is 0 Å². The lowest BCUT2D eigenvalue weighted by Crippen LogP contribution is -2.35. The van der Waals surface area contributed by atoms with Gasteiger partial charge >= 0.3 is 0 Å². The maximum Gasteiger partial charge on any atom is 0.256 e. The molecule has 1 heterocycles. The minimum Gasteiger partial charge on any atom is -0.383 e. The quantitative estimate of drug-likeness (QED) is 0.799. The van der Waals surface area contributed by atoms with Gasteiger partial charge in [-0.3, -0.25) is 4.79 Å². The van der Waals surface area contributed by atoms with E-state index in [4.69, 9.17) is 4.74 Å². The van der Waals surface area contributed by atoms with Crippen LogP contribution in [-0.2, 0) is 14.8 Å². The van der Waals surface area contributed by atoms with Crippen LogP contribution in [0.2, 0.25) is 0 Å². The first-order chi connectivity index (χ1) is 10.9. The average molecular weight is 354 g/mol. The largest absolute Gasteiger partial charge is 0.383 e. The molecule has 2 aromatic rings. The zero-order chi connectivity index (χ0) is 16.9. The third-order valence-electron chi connectivity index (χ3n) is 2.98. The summed E-state index contributed by atoms with van der Waals surface area (Å²) in [5.41, 5.74) is 1.10. The van der Waals surface area contributed by atoms with Gasteiger partial charge in [-0.05, 0) is 42.6 Å². The lowest BCUT2D eigenvalue weighted by Gasteiger charge is -2.13. The van der Waals surface area contributed by atoms with E-state index in [2.05, 4.69) is 10.0 Å². The summed E-state index contributed by atoms with van der Waals surface area (Å²) in [4.78, 5) is 12.1. The van der Waals surface area contributed by atoms with E-state index in [-0.39, 0.29) is 23.5 Å². The molecule has 1 atom stereocenters. The lowest BCUT2D eigenvalue weighted by molar-refractivity contribution is 0.102. The number of ether oxygens (including phenoxy) is 1. The first-order valence-electron chi connectivity index (χ1n) is 6.87. The first-order valence-corrected chi connectivity index (χ1v) is 9.30. The SMILES string of the molecule is COC[C@@H](C)NS(=O)(=O)c1ccc(NC(=O)c2ccsc2)cc1. The van der Waals surface area contributed by atoms with Crippen molar-refractivity contribution in [1.82, 2.24) is 4.72 Å². The maximum atomic E-state index is 12.2. The number of methoxy groups -OCH3 is 1. The summed E-state index contributed by atoms with van der Waals surface area (Å²) in [7, 11) is -2.10. The third-order valence-corrected chi connectivity index (χ3v) is 5.27. The number of amides is 1. The van der Waals surface area contributed by atoms with Crippen LogP contribution in [0.15, 0.2) is 46.0 Å². The number of carbonyl (C=O) groups excluding carboxylic acids is 1. The third kappa shape index (κ3) is 4.87. The molecule has 124 valence electrons. The normalized spacial score (nSPS) is 12.8. The molecule has 0 bridgehead atoms. The van der Waals surface area contributed by atoms with E-state index < -0.39 is 10.0 Å². The number of hydrogen-bond donors (Lipinski definition) is 2. The number of rotatable bonds is 7. The fraction of sp³-hybridized carbons (Fsp3) is 0.267. The van der Waals surface area contributed by atoms with E-state index >= 15 is 0 Å². The fourth-order valence-electron chi connectivity index (χ4n) is 1.93. The predicted molar refractivity (Wildman–Crippen MR) is 90.4 cm³/mol. The second kappa shape index (κ2) is 7.69. The van der Waals surface area contributed by atoms with Gasteiger partial charge in [0.25, 0.3) is 5.91 Å². The minimum atomic E-state index is -3.61. The zero-order valence-electron chi connectivity index (χ0n) is 12.8. The molecule has 0 spiro atoms. The maximum absolute atomic E-state index is 12.2. The van der Waals surface area contributed by atoms with Gasteiger partial charge in [0.1, 0.15) is 0 Å². The van der Waals surface area contributed by atoms with E-state index in [0.717, 1.165) is 0 Å². The van der Waals surface area contributed by atoms with Crippen LogP contribution in [0.1, 0.15) is 17.3 Å². The summed E-state index contributed by atoms with van der Waals surface area (Å²) in [6.07, 6.45) is 0. The van der Waals surface area contributed by atoms with Crippen molar-refractivity contribution in [2.75, 3.05) is 19.0 Å². The summed E-state index contributed by atoms with van der Waals surface area (Å²) in [6.45, 7) is 2.00. The van der Waals surface area contributed by atoms with Crippen LogP contribution in [-0.4, -0.2) is 34.1 Å². The number of thiophene rings is 1. The first kappa shape index (κ1) is 17.6. The van der Waals surface area contributed by atoms with Crippen LogP contribution in [0.5, 0.6) is 0 Å². The van der Waals surface area contributed by atoms with E-state index in [0.29, 0.717) is 11.3 Å². The molecule has 0 radical (unpaired) electrons. The smallest absolute Gasteiger partial charge is 0.256 e. The van der Waals surface area contributed by atoms with Crippen molar-refractivity contribution in [3.8, 4) is 0 Å². The van der Waals surface area contributed by atoms with E-state index in [1.165, 1.54) is 30.6 Å². The van der Waals surface area contributed by atoms with Gasteiger partial charge in [0.05, 0.1) is 17.1 Å². The van der Waals surface area contributed by atoms with Gasteiger partial charge in [-0.25, -0.2) is 13.1 Å². The van der Waals surface area contributed by atoms with Gasteiger partial charge in [0.15, 0.2) is 0 Å². The second-order valence-electron chi connectivity index (χ2n) is 4.97. The molecule has 0 unspecified atom stereocenters. The molecule has 0 aliphatic rings. The Bertz CT molecular complexity index is 740. The van der Waals surface area contributed by atoms with E-state index in [9.17, 15) is 13.2 Å². The standard InChI is InChI=1S/C15H18N2O4S2/c1-11(9-21-2)17-23(19,20)14-5-3-13(4-6-14)16-15(18)12-7-8-22-10-12/h3-8,10-11,17H,9H2,1-2H3,(H,16,18)/t11-/m1/s1. The Labute approximate surface area is 139 Å². The number of hydrogen-bond acceptors (Lipinski definition) is 5. The highest BCUT2D eigenvalue weighted by atomic mass is 32.2. The average Bonchev–Trinajstić information content (AvgIpc) is 3.01. The van der Waals surface area contributed by atoms with Crippen molar-refractivity contribution < 1.29 is 17.9 Å². The van der Waals surface area contributed by atoms with E-state index in [1.54, 1.807) is 30.5 Å². The summed E-state index contributed by atoms with van der Waals surface area (Å²) in [5.74, 6) is -0.228. The second-order valence-corrected chi connectivity index (χ2v) is 7.46. The molecular formula is C15H18N2O4S2. The predicted octanol–water partition coefficient (Wildman–Crippen LogP) is 2.31. The Morgan fingerprint density at radius 3 is 2.52 bits per heavy atom. The lowest BCUT2D eigenvalue weighted by atomic mass is 10.3. The van der Waals surface area contributed by atoms with Crippen LogP contribution >= 0.6 is 11.3 Å². The van der Waals surface area contributed by atoms with Crippen LogP contribution in [0.3, 0.4) is 0 Å². The Kier molecular flexibility index (Phi) is 5.89. The number of nitrogens with one attached hydrogen (secondary N) is 2. The number of anilines is 1. The minimum absolute atomic E-state index is 0.133. The molecule has 2 N–H and O–H groups in total. The Balaban J connectivity index is 2.05. The molecule has 0 saturated heterocycles. The molecular weight excluding hydrogens is 336 g/mol. The van der Waals surface area contributed by atoms with Gasteiger partial charge in [0.2, 0.25) is 10.0 Å². The van der Waals surface area contributed by atoms with Gasteiger partial charge in [-0.1, -0.05) is 0 Å². The van der Waals surface area contributed by atoms with Gasteiger partial charge < -0.3 is 10.1 Å². The van der Waals surface area contributed by atoms with Crippen molar-refractivity contribution in [2.45, 2.75) is 17.9 Å². The Hall–Kier alpha value is -1.74. The Morgan fingerprint density at radius 1 is 1.26 bits per heavy atom. The zero-order valence-corrected chi connectivity index (χ0v) is 14.4. The summed E-state index contributed by atoms with van der Waals surface area (Å²) >= 11 is 1.44.